The quantitative estimate of drug-likeness (QED) is 0.751. The Kier molecular flexibility index (Phi) is 4.77. The van der Waals surface area contributed by atoms with Gasteiger partial charge < -0.3 is 14.9 Å². The van der Waals surface area contributed by atoms with E-state index in [9.17, 15) is 14.3 Å². The van der Waals surface area contributed by atoms with Crippen molar-refractivity contribution in [1.82, 2.24) is 9.88 Å². The van der Waals surface area contributed by atoms with Gasteiger partial charge in [0.2, 0.25) is 0 Å². The number of benzene rings is 2. The predicted molar refractivity (Wildman–Crippen MR) is 104 cm³/mol. The fourth-order valence-corrected chi connectivity index (χ4v) is 3.89. The summed E-state index contributed by atoms with van der Waals surface area (Å²) in [5, 5.41) is 11.9. The largest absolute Gasteiger partial charge is 0.508 e. The summed E-state index contributed by atoms with van der Waals surface area (Å²) in [6, 6.07) is 13.2. The molecule has 4 rings (SSSR count). The number of anilines is 1. The molecule has 0 atom stereocenters. The van der Waals surface area contributed by atoms with Crippen LogP contribution in [0.3, 0.4) is 0 Å². The maximum atomic E-state index is 13.1. The molecule has 3 aromatic rings. The van der Waals surface area contributed by atoms with Crippen molar-refractivity contribution in [3.05, 3.63) is 65.4 Å². The highest BCUT2D eigenvalue weighted by Gasteiger charge is 2.24. The lowest BCUT2D eigenvalue weighted by molar-refractivity contribution is 0.0742. The molecule has 2 aromatic carbocycles. The molecule has 0 aliphatic carbocycles. The first-order valence-corrected chi connectivity index (χ1v) is 9.53. The molecule has 0 bridgehead atoms. The maximum Gasteiger partial charge on any atom is 0.273 e. The van der Waals surface area contributed by atoms with Crippen molar-refractivity contribution in [3.63, 3.8) is 0 Å². The van der Waals surface area contributed by atoms with E-state index in [1.54, 1.807) is 34.5 Å². The molecule has 0 unspecified atom stereocenters. The molecule has 0 saturated carbocycles. The average molecular weight is 383 g/mol. The number of phenols is 1. The Morgan fingerprint density at radius 3 is 2.33 bits per heavy atom. The molecule has 138 valence electrons. The number of piperazine rings is 1. The van der Waals surface area contributed by atoms with Crippen LogP contribution in [0.25, 0.3) is 10.6 Å². The molecule has 1 fully saturated rings. The third-order valence-electron chi connectivity index (χ3n) is 4.60. The Hall–Kier alpha value is -2.93. The van der Waals surface area contributed by atoms with Gasteiger partial charge in [0.15, 0.2) is 0 Å². The second-order valence-electron chi connectivity index (χ2n) is 6.34. The van der Waals surface area contributed by atoms with Gasteiger partial charge in [-0.1, -0.05) is 0 Å². The Labute approximate surface area is 160 Å². The van der Waals surface area contributed by atoms with E-state index in [-0.39, 0.29) is 17.5 Å². The molecule has 5 nitrogen and oxygen atoms in total. The molecule has 1 aliphatic rings. The van der Waals surface area contributed by atoms with E-state index in [4.69, 9.17) is 0 Å². The minimum Gasteiger partial charge on any atom is -0.508 e. The molecule has 0 radical (unpaired) electrons. The lowest BCUT2D eigenvalue weighted by atomic mass is 10.2. The Balaban J connectivity index is 1.41. The maximum absolute atomic E-state index is 13.1. The summed E-state index contributed by atoms with van der Waals surface area (Å²) in [6.45, 7) is 2.68. The molecule has 2 heterocycles. The molecular weight excluding hydrogens is 365 g/mol. The molecule has 7 heteroatoms. The summed E-state index contributed by atoms with van der Waals surface area (Å²) >= 11 is 1.38. The van der Waals surface area contributed by atoms with E-state index >= 15 is 0 Å². The van der Waals surface area contributed by atoms with Gasteiger partial charge in [0.25, 0.3) is 5.91 Å². The van der Waals surface area contributed by atoms with Crippen LogP contribution in [-0.2, 0) is 0 Å². The van der Waals surface area contributed by atoms with E-state index in [2.05, 4.69) is 9.88 Å². The number of carbonyl (C=O) groups is 1. The van der Waals surface area contributed by atoms with E-state index < -0.39 is 0 Å². The Bertz CT molecular complexity index is 933. The lowest BCUT2D eigenvalue weighted by Crippen LogP contribution is -2.48. The first-order chi connectivity index (χ1) is 13.1. The van der Waals surface area contributed by atoms with E-state index in [1.807, 2.05) is 12.1 Å². The minimum atomic E-state index is -0.293. The van der Waals surface area contributed by atoms with Gasteiger partial charge >= 0.3 is 0 Å². The predicted octanol–water partition coefficient (Wildman–Crippen LogP) is 3.62. The summed E-state index contributed by atoms with van der Waals surface area (Å²) < 4.78 is 13.1. The topological polar surface area (TPSA) is 56.7 Å². The van der Waals surface area contributed by atoms with Crippen LogP contribution >= 0.6 is 11.3 Å². The minimum absolute atomic E-state index is 0.0787. The number of aromatic nitrogens is 1. The molecule has 1 N–H and O–H groups in total. The van der Waals surface area contributed by atoms with Gasteiger partial charge in [-0.15, -0.1) is 11.3 Å². The number of hydrogen-bond acceptors (Lipinski definition) is 5. The fourth-order valence-electron chi connectivity index (χ4n) is 3.09. The molecule has 27 heavy (non-hydrogen) atoms. The molecular formula is C20H18FN3O2S. The van der Waals surface area contributed by atoms with Crippen molar-refractivity contribution >= 4 is 22.9 Å². The highest BCUT2D eigenvalue weighted by molar-refractivity contribution is 7.13. The third-order valence-corrected chi connectivity index (χ3v) is 5.49. The molecule has 1 amide bonds. The Morgan fingerprint density at radius 1 is 1.00 bits per heavy atom. The normalized spacial score (nSPS) is 14.4. The van der Waals surface area contributed by atoms with Crippen LogP contribution in [-0.4, -0.2) is 47.1 Å². The smallest absolute Gasteiger partial charge is 0.273 e. The van der Waals surface area contributed by atoms with Gasteiger partial charge in [-0.05, 0) is 48.5 Å². The number of carbonyl (C=O) groups excluding carboxylic acids is 1. The van der Waals surface area contributed by atoms with E-state index in [0.717, 1.165) is 24.3 Å². The monoisotopic (exact) mass is 383 g/mol. The average Bonchev–Trinajstić information content (AvgIpc) is 3.19. The fraction of sp³-hybridized carbons (Fsp3) is 0.200. The van der Waals surface area contributed by atoms with Crippen LogP contribution in [0.5, 0.6) is 5.75 Å². The number of halogens is 1. The number of rotatable bonds is 3. The number of thiazole rings is 1. The number of nitrogens with zero attached hydrogens (tertiary/aromatic N) is 3. The second kappa shape index (κ2) is 7.36. The zero-order chi connectivity index (χ0) is 18.8. The van der Waals surface area contributed by atoms with Crippen molar-refractivity contribution in [3.8, 4) is 16.3 Å². The first kappa shape index (κ1) is 17.5. The molecule has 1 saturated heterocycles. The zero-order valence-electron chi connectivity index (χ0n) is 14.5. The first-order valence-electron chi connectivity index (χ1n) is 8.65. The highest BCUT2D eigenvalue weighted by atomic mass is 32.1. The second-order valence-corrected chi connectivity index (χ2v) is 7.20. The van der Waals surface area contributed by atoms with Crippen LogP contribution < -0.4 is 4.90 Å². The SMILES string of the molecule is O=C(c1csc(-c2ccc(F)cc2)n1)N1CCN(c2ccc(O)cc2)CC1. The summed E-state index contributed by atoms with van der Waals surface area (Å²) in [7, 11) is 0. The van der Waals surface area contributed by atoms with Crippen molar-refractivity contribution in [2.24, 2.45) is 0 Å². The lowest BCUT2D eigenvalue weighted by Gasteiger charge is -2.35. The van der Waals surface area contributed by atoms with Crippen LogP contribution in [0.15, 0.2) is 53.9 Å². The van der Waals surface area contributed by atoms with Crippen molar-refractivity contribution in [1.29, 1.82) is 0 Å². The summed E-state index contributed by atoms with van der Waals surface area (Å²) in [5.41, 5.74) is 2.27. The summed E-state index contributed by atoms with van der Waals surface area (Å²) in [4.78, 5) is 21.2. The van der Waals surface area contributed by atoms with Crippen LogP contribution in [0.2, 0.25) is 0 Å². The number of phenolic OH excluding ortho intramolecular Hbond substituents is 1. The molecule has 0 spiro atoms. The standard InChI is InChI=1S/C20H18FN3O2S/c21-15-3-1-14(2-4-15)19-22-18(13-27-19)20(26)24-11-9-23(10-12-24)16-5-7-17(25)8-6-16/h1-8,13,25H,9-12H2. The number of aromatic hydroxyl groups is 1. The zero-order valence-corrected chi connectivity index (χ0v) is 15.3. The van der Waals surface area contributed by atoms with Crippen LogP contribution in [0, 0.1) is 5.82 Å². The third kappa shape index (κ3) is 3.78. The molecule has 1 aliphatic heterocycles. The van der Waals surface area contributed by atoms with Gasteiger partial charge in [0.1, 0.15) is 22.3 Å². The van der Waals surface area contributed by atoms with Gasteiger partial charge in [0, 0.05) is 42.8 Å². The van der Waals surface area contributed by atoms with Gasteiger partial charge in [-0.3, -0.25) is 4.79 Å². The summed E-state index contributed by atoms with van der Waals surface area (Å²) in [6.07, 6.45) is 0. The van der Waals surface area contributed by atoms with Crippen molar-refractivity contribution in [2.75, 3.05) is 31.1 Å². The van der Waals surface area contributed by atoms with Crippen molar-refractivity contribution < 1.29 is 14.3 Å². The van der Waals surface area contributed by atoms with Crippen molar-refractivity contribution in [2.45, 2.75) is 0 Å². The van der Waals surface area contributed by atoms with E-state index in [1.165, 1.54) is 23.5 Å². The van der Waals surface area contributed by atoms with Gasteiger partial charge in [0.05, 0.1) is 0 Å². The molecule has 1 aromatic heterocycles. The van der Waals surface area contributed by atoms with Gasteiger partial charge in [-0.25, -0.2) is 9.37 Å². The van der Waals surface area contributed by atoms with Gasteiger partial charge in [-0.2, -0.15) is 0 Å². The highest BCUT2D eigenvalue weighted by Crippen LogP contribution is 2.25. The van der Waals surface area contributed by atoms with E-state index in [0.29, 0.717) is 23.8 Å². The van der Waals surface area contributed by atoms with Crippen LogP contribution in [0.4, 0.5) is 10.1 Å². The summed E-state index contributed by atoms with van der Waals surface area (Å²) in [5.74, 6) is -0.129. The number of amides is 1. The Morgan fingerprint density at radius 2 is 1.67 bits per heavy atom. The van der Waals surface area contributed by atoms with Crippen LogP contribution in [0.1, 0.15) is 10.5 Å². The number of hydrogen-bond donors (Lipinski definition) is 1.